The van der Waals surface area contributed by atoms with Crippen LogP contribution >= 0.6 is 0 Å². The van der Waals surface area contributed by atoms with Crippen LogP contribution in [0.25, 0.3) is 0 Å². The molecule has 0 bridgehead atoms. The van der Waals surface area contributed by atoms with Crippen LogP contribution in [0, 0.1) is 50.2 Å². The minimum absolute atomic E-state index is 0.107. The molecule has 14 nitrogen and oxygen atoms in total. The van der Waals surface area contributed by atoms with Crippen molar-refractivity contribution in [2.75, 3.05) is 20.3 Å². The van der Waals surface area contributed by atoms with E-state index in [2.05, 4.69) is 40.7 Å². The lowest BCUT2D eigenvalue weighted by Crippen LogP contribution is -2.66. The summed E-state index contributed by atoms with van der Waals surface area (Å²) in [5, 5.41) is 73.3. The fourth-order valence-corrected chi connectivity index (χ4v) is 13.6. The quantitative estimate of drug-likeness (QED) is 0.112. The van der Waals surface area contributed by atoms with Crippen molar-refractivity contribution in [3.05, 3.63) is 11.6 Å². The highest BCUT2D eigenvalue weighted by molar-refractivity contribution is 5.80. The molecule has 5 aliphatic carbocycles. The van der Waals surface area contributed by atoms with Crippen molar-refractivity contribution in [3.63, 3.8) is 0 Å². The highest BCUT2D eigenvalue weighted by Crippen LogP contribution is 2.76. The highest BCUT2D eigenvalue weighted by Gasteiger charge is 2.70. The molecule has 2 heterocycles. The molecule has 2 saturated heterocycles. The van der Waals surface area contributed by atoms with Gasteiger partial charge in [-0.1, -0.05) is 46.3 Å². The molecule has 318 valence electrons. The largest absolute Gasteiger partial charge is 0.481 e. The molecule has 0 spiro atoms. The van der Waals surface area contributed by atoms with Gasteiger partial charge in [-0.15, -0.1) is 0 Å². The maximum Gasteiger partial charge on any atom is 0.312 e. The summed E-state index contributed by atoms with van der Waals surface area (Å²) in [4.78, 5) is 26.3. The number of carboxylic acid groups (broad SMARTS) is 1. The lowest BCUT2D eigenvalue weighted by Gasteiger charge is -2.71. The number of carbonyl (C=O) groups is 2. The average Bonchev–Trinajstić information content (AvgIpc) is 3.15. The first-order valence-electron chi connectivity index (χ1n) is 20.8. The van der Waals surface area contributed by atoms with Gasteiger partial charge < -0.3 is 59.4 Å². The minimum Gasteiger partial charge on any atom is -0.481 e. The molecule has 14 heteroatoms. The Hall–Kier alpha value is -1.72. The second-order valence-corrected chi connectivity index (χ2v) is 20.1. The number of aliphatic carboxylic acids is 1. The average molecular weight is 795 g/mol. The van der Waals surface area contributed by atoms with E-state index in [1.807, 2.05) is 6.92 Å². The third kappa shape index (κ3) is 6.09. The SMILES string of the molecule is COC(=O)[C@]12CC[C@@](C)(C(=O)O)C[C@H]1C1=CC[C@@H]3[C@@]4(C)CC[C@H](O[C@@H]5O[C@H](CO)[C@@H](O)[C@H](O)[C@H]5O[C@@H]5OC[C@@H](O)[C@H](O)[C@H]5O)C(C)(C)[C@@H]4CC[C@@]3(C)[C@]1(C)CC2. The molecule has 0 aromatic heterocycles. The second kappa shape index (κ2) is 14.5. The van der Waals surface area contributed by atoms with Crippen LogP contribution in [-0.2, 0) is 33.3 Å². The molecule has 0 aromatic rings. The van der Waals surface area contributed by atoms with Gasteiger partial charge in [-0.2, -0.15) is 0 Å². The molecule has 7 aliphatic rings. The van der Waals surface area contributed by atoms with Gasteiger partial charge in [-0.05, 0) is 111 Å². The first-order chi connectivity index (χ1) is 26.1. The highest BCUT2D eigenvalue weighted by atomic mass is 16.8. The fraction of sp³-hybridized carbons (Fsp3) is 0.905. The van der Waals surface area contributed by atoms with Gasteiger partial charge >= 0.3 is 11.9 Å². The number of carbonyl (C=O) groups excluding carboxylic acids is 1. The molecular weight excluding hydrogens is 728 g/mol. The number of esters is 1. The number of allylic oxidation sites excluding steroid dienone is 2. The third-order valence-corrected chi connectivity index (χ3v) is 17.3. The molecule has 56 heavy (non-hydrogen) atoms. The van der Waals surface area contributed by atoms with Crippen LogP contribution in [0.2, 0.25) is 0 Å². The molecule has 7 N–H and O–H groups in total. The summed E-state index contributed by atoms with van der Waals surface area (Å²) in [6, 6.07) is 0. The Kier molecular flexibility index (Phi) is 11.0. The van der Waals surface area contributed by atoms with Gasteiger partial charge in [0.15, 0.2) is 12.6 Å². The van der Waals surface area contributed by atoms with Gasteiger partial charge in [-0.25, -0.2) is 0 Å². The van der Waals surface area contributed by atoms with E-state index in [0.717, 1.165) is 32.1 Å². The van der Waals surface area contributed by atoms with E-state index in [0.29, 0.717) is 38.0 Å². The lowest BCUT2D eigenvalue weighted by atomic mass is 9.33. The van der Waals surface area contributed by atoms with E-state index >= 15 is 0 Å². The molecule has 4 saturated carbocycles. The third-order valence-electron chi connectivity index (χ3n) is 17.3. The number of ether oxygens (including phenoxy) is 5. The van der Waals surface area contributed by atoms with Crippen LogP contribution in [0.15, 0.2) is 11.6 Å². The van der Waals surface area contributed by atoms with Gasteiger partial charge in [0.05, 0.1) is 37.3 Å². The number of fused-ring (bicyclic) bond motifs is 7. The van der Waals surface area contributed by atoms with Crippen LogP contribution in [0.4, 0.5) is 0 Å². The Morgan fingerprint density at radius 1 is 0.821 bits per heavy atom. The van der Waals surface area contributed by atoms with E-state index in [1.54, 1.807) is 0 Å². The number of aliphatic hydroxyl groups excluding tert-OH is 6. The first-order valence-corrected chi connectivity index (χ1v) is 20.8. The Morgan fingerprint density at radius 2 is 1.52 bits per heavy atom. The Labute approximate surface area is 329 Å². The van der Waals surface area contributed by atoms with Crippen molar-refractivity contribution in [3.8, 4) is 0 Å². The molecule has 6 fully saturated rings. The van der Waals surface area contributed by atoms with Gasteiger partial charge in [0.1, 0.15) is 42.7 Å². The lowest BCUT2D eigenvalue weighted by molar-refractivity contribution is -0.370. The standard InChI is InChI=1S/C42H66O14/c1-37(2)25-10-13-41(6)26(9-8-21-22-18-38(3,35(49)50)14-16-42(22,36(51)52-7)17-15-40(21,41)5)39(25,4)12-11-27(37)55-34-32(30(47)29(46)24(19-43)54-34)56-33-31(48)28(45)23(44)20-53-33/h8,22-34,43-48H,9-20H2,1-7H3,(H,49,50)/t22-,23+,24+,25-,26+,27-,28-,29+,30-,31+,32+,33-,34-,38+,39-,40+,41+,42-/m0/s1. The van der Waals surface area contributed by atoms with Crippen LogP contribution in [0.5, 0.6) is 0 Å². The van der Waals surface area contributed by atoms with E-state index in [-0.39, 0.29) is 46.8 Å². The molecule has 18 atom stereocenters. The topological polar surface area (TPSA) is 222 Å². The van der Waals surface area contributed by atoms with Crippen molar-refractivity contribution in [2.45, 2.75) is 167 Å². The Balaban J connectivity index is 1.16. The summed E-state index contributed by atoms with van der Waals surface area (Å²) in [7, 11) is 1.44. The van der Waals surface area contributed by atoms with Crippen LogP contribution in [-0.4, -0.2) is 129 Å². The van der Waals surface area contributed by atoms with Crippen molar-refractivity contribution in [1.82, 2.24) is 0 Å². The number of hydrogen-bond acceptors (Lipinski definition) is 13. The molecule has 0 radical (unpaired) electrons. The maximum atomic E-state index is 13.7. The fourth-order valence-electron chi connectivity index (χ4n) is 13.6. The van der Waals surface area contributed by atoms with Gasteiger partial charge in [0.25, 0.3) is 0 Å². The smallest absolute Gasteiger partial charge is 0.312 e. The Morgan fingerprint density at radius 3 is 2.18 bits per heavy atom. The van der Waals surface area contributed by atoms with Gasteiger partial charge in [-0.3, -0.25) is 9.59 Å². The zero-order valence-corrected chi connectivity index (χ0v) is 34.1. The zero-order chi connectivity index (χ0) is 41.0. The van der Waals surface area contributed by atoms with E-state index < -0.39 is 84.1 Å². The van der Waals surface area contributed by atoms with Crippen molar-refractivity contribution >= 4 is 11.9 Å². The molecule has 0 amide bonds. The summed E-state index contributed by atoms with van der Waals surface area (Å²) in [5.41, 5.74) is -1.28. The predicted octanol–water partition coefficient (Wildman–Crippen LogP) is 2.67. The summed E-state index contributed by atoms with van der Waals surface area (Å²) in [6.07, 6.45) is -3.90. The van der Waals surface area contributed by atoms with E-state index in [4.69, 9.17) is 23.7 Å². The number of carboxylic acids is 1. The minimum atomic E-state index is -1.64. The van der Waals surface area contributed by atoms with E-state index in [1.165, 1.54) is 12.7 Å². The van der Waals surface area contributed by atoms with Crippen molar-refractivity contribution in [2.24, 2.45) is 50.2 Å². The molecule has 7 rings (SSSR count). The summed E-state index contributed by atoms with van der Waals surface area (Å²) in [5.74, 6) is -0.733. The van der Waals surface area contributed by atoms with Gasteiger partial charge in [0, 0.05) is 0 Å². The Bertz CT molecular complexity index is 1550. The van der Waals surface area contributed by atoms with Crippen molar-refractivity contribution in [1.29, 1.82) is 0 Å². The number of rotatable bonds is 7. The van der Waals surface area contributed by atoms with Crippen molar-refractivity contribution < 1.29 is 69.0 Å². The molecular formula is C42H66O14. The normalized spacial score (nSPS) is 52.7. The number of aliphatic hydroxyl groups is 6. The molecule has 2 aliphatic heterocycles. The van der Waals surface area contributed by atoms with E-state index in [9.17, 15) is 45.3 Å². The zero-order valence-electron chi connectivity index (χ0n) is 34.1. The monoisotopic (exact) mass is 794 g/mol. The number of hydrogen-bond donors (Lipinski definition) is 7. The molecule has 0 aromatic carbocycles. The molecule has 0 unspecified atom stereocenters. The second-order valence-electron chi connectivity index (χ2n) is 20.1. The summed E-state index contributed by atoms with van der Waals surface area (Å²) >= 11 is 0. The summed E-state index contributed by atoms with van der Waals surface area (Å²) in [6.45, 7) is 12.5. The van der Waals surface area contributed by atoms with Crippen LogP contribution < -0.4 is 0 Å². The first kappa shape index (κ1) is 42.4. The van der Waals surface area contributed by atoms with Crippen LogP contribution in [0.3, 0.4) is 0 Å². The number of methoxy groups -OCH3 is 1. The maximum absolute atomic E-state index is 13.7. The summed E-state index contributed by atoms with van der Waals surface area (Å²) < 4.78 is 29.7. The van der Waals surface area contributed by atoms with Gasteiger partial charge in [0.2, 0.25) is 0 Å². The van der Waals surface area contributed by atoms with Crippen LogP contribution in [0.1, 0.15) is 106 Å². The predicted molar refractivity (Wildman–Crippen MR) is 198 cm³/mol.